The largest absolute Gasteiger partial charge is 0.444 e. The van der Waals surface area contributed by atoms with E-state index in [-0.39, 0.29) is 6.09 Å². The molecule has 2 atom stereocenters. The summed E-state index contributed by atoms with van der Waals surface area (Å²) in [4.78, 5) is 13.8. The number of nitrogens with zero attached hydrogens (tertiary/aromatic N) is 1. The molecule has 0 aliphatic carbocycles. The summed E-state index contributed by atoms with van der Waals surface area (Å²) in [5, 5.41) is 3.52. The zero-order valence-electron chi connectivity index (χ0n) is 12.7. The first kappa shape index (κ1) is 16.0. The fourth-order valence-corrected chi connectivity index (χ4v) is 2.21. The second-order valence-electron chi connectivity index (χ2n) is 6.29. The lowest BCUT2D eigenvalue weighted by atomic mass is 10.1. The quantitative estimate of drug-likeness (QED) is 0.800. The molecule has 1 saturated heterocycles. The molecule has 0 aromatic rings. The molecule has 1 fully saturated rings. The molecule has 110 valence electrons. The first-order chi connectivity index (χ1) is 8.81. The van der Waals surface area contributed by atoms with E-state index in [0.717, 1.165) is 32.4 Å². The van der Waals surface area contributed by atoms with Gasteiger partial charge in [-0.15, -0.1) is 6.58 Å². The number of carbonyl (C=O) groups is 1. The number of likely N-dealkylation sites (tertiary alicyclic amines) is 1. The van der Waals surface area contributed by atoms with Gasteiger partial charge in [-0.1, -0.05) is 6.08 Å². The van der Waals surface area contributed by atoms with Crippen molar-refractivity contribution in [2.45, 2.75) is 64.6 Å². The molecule has 1 aliphatic rings. The topological polar surface area (TPSA) is 41.6 Å². The second-order valence-corrected chi connectivity index (χ2v) is 6.29. The molecular formula is C15H28N2O2. The molecule has 1 aliphatic heterocycles. The van der Waals surface area contributed by atoms with Gasteiger partial charge in [-0.2, -0.15) is 0 Å². The summed E-state index contributed by atoms with van der Waals surface area (Å²) in [6, 6.07) is 0.776. The molecule has 19 heavy (non-hydrogen) atoms. The second kappa shape index (κ2) is 6.94. The number of hydrogen-bond acceptors (Lipinski definition) is 3. The lowest BCUT2D eigenvalue weighted by molar-refractivity contribution is 0.0256. The third kappa shape index (κ3) is 6.10. The van der Waals surface area contributed by atoms with Gasteiger partial charge in [-0.05, 0) is 47.0 Å². The van der Waals surface area contributed by atoms with Crippen LogP contribution in [0, 0.1) is 0 Å². The Labute approximate surface area is 117 Å². The molecule has 1 amide bonds. The Balaban J connectivity index is 2.45. The zero-order chi connectivity index (χ0) is 14.5. The Morgan fingerprint density at radius 3 is 2.68 bits per heavy atom. The van der Waals surface area contributed by atoms with Gasteiger partial charge in [0.15, 0.2) is 0 Å². The van der Waals surface area contributed by atoms with Crippen molar-refractivity contribution < 1.29 is 9.53 Å². The lowest BCUT2D eigenvalue weighted by Crippen LogP contribution is -2.39. The average Bonchev–Trinajstić information content (AvgIpc) is 2.52. The molecule has 0 bridgehead atoms. The molecule has 0 unspecified atom stereocenters. The van der Waals surface area contributed by atoms with E-state index in [9.17, 15) is 4.79 Å². The molecule has 0 radical (unpaired) electrons. The first-order valence-corrected chi connectivity index (χ1v) is 7.18. The molecule has 0 aromatic carbocycles. The summed E-state index contributed by atoms with van der Waals surface area (Å²) in [5.41, 5.74) is -0.418. The van der Waals surface area contributed by atoms with Crippen molar-refractivity contribution in [3.8, 4) is 0 Å². The normalized spacial score (nSPS) is 22.5. The van der Waals surface area contributed by atoms with Crippen molar-refractivity contribution in [2.24, 2.45) is 0 Å². The molecule has 0 saturated carbocycles. The van der Waals surface area contributed by atoms with E-state index in [1.807, 2.05) is 31.7 Å². The van der Waals surface area contributed by atoms with E-state index >= 15 is 0 Å². The third-order valence-corrected chi connectivity index (χ3v) is 3.23. The van der Waals surface area contributed by atoms with Gasteiger partial charge in [0.05, 0.1) is 0 Å². The van der Waals surface area contributed by atoms with Gasteiger partial charge in [0.2, 0.25) is 0 Å². The SMILES string of the molecule is C=C[C@@H](C)N[C@@H]1CCCN(C(=O)OC(C)(C)C)CC1. The van der Waals surface area contributed by atoms with Crippen LogP contribution >= 0.6 is 0 Å². The van der Waals surface area contributed by atoms with Crippen molar-refractivity contribution in [1.82, 2.24) is 10.2 Å². The van der Waals surface area contributed by atoms with Crippen LogP contribution in [0.1, 0.15) is 47.0 Å². The smallest absolute Gasteiger partial charge is 0.410 e. The number of ether oxygens (including phenoxy) is 1. The van der Waals surface area contributed by atoms with Crippen LogP contribution in [0.2, 0.25) is 0 Å². The van der Waals surface area contributed by atoms with Crippen molar-refractivity contribution in [1.29, 1.82) is 0 Å². The van der Waals surface area contributed by atoms with E-state index in [1.54, 1.807) is 0 Å². The fourth-order valence-electron chi connectivity index (χ4n) is 2.21. The predicted molar refractivity (Wildman–Crippen MR) is 78.2 cm³/mol. The minimum Gasteiger partial charge on any atom is -0.444 e. The Morgan fingerprint density at radius 1 is 1.42 bits per heavy atom. The van der Waals surface area contributed by atoms with Gasteiger partial charge < -0.3 is 15.0 Å². The van der Waals surface area contributed by atoms with Crippen molar-refractivity contribution in [3.63, 3.8) is 0 Å². The highest BCUT2D eigenvalue weighted by Crippen LogP contribution is 2.15. The van der Waals surface area contributed by atoms with Crippen molar-refractivity contribution in [2.75, 3.05) is 13.1 Å². The third-order valence-electron chi connectivity index (χ3n) is 3.23. The highest BCUT2D eigenvalue weighted by Gasteiger charge is 2.25. The van der Waals surface area contributed by atoms with Crippen LogP contribution in [0.3, 0.4) is 0 Å². The standard InChI is InChI=1S/C15H28N2O2/c1-6-12(2)16-13-8-7-10-17(11-9-13)14(18)19-15(3,4)5/h6,12-13,16H,1,7-11H2,2-5H3/t12-,13-/m1/s1. The summed E-state index contributed by atoms with van der Waals surface area (Å²) in [6.45, 7) is 13.1. The molecule has 4 heteroatoms. The summed E-state index contributed by atoms with van der Waals surface area (Å²) >= 11 is 0. The summed E-state index contributed by atoms with van der Waals surface area (Å²) in [6.07, 6.45) is 4.80. The summed E-state index contributed by atoms with van der Waals surface area (Å²) in [7, 11) is 0. The minimum absolute atomic E-state index is 0.190. The van der Waals surface area contributed by atoms with Gasteiger partial charge in [-0.3, -0.25) is 0 Å². The van der Waals surface area contributed by atoms with E-state index in [2.05, 4.69) is 18.8 Å². The number of hydrogen-bond donors (Lipinski definition) is 1. The van der Waals surface area contributed by atoms with Gasteiger partial charge in [0, 0.05) is 25.2 Å². The minimum atomic E-state index is -0.418. The van der Waals surface area contributed by atoms with Crippen LogP contribution in [-0.2, 0) is 4.74 Å². The van der Waals surface area contributed by atoms with Crippen LogP contribution in [0.5, 0.6) is 0 Å². The predicted octanol–water partition coefficient (Wildman–Crippen LogP) is 2.94. The summed E-state index contributed by atoms with van der Waals surface area (Å²) < 4.78 is 5.42. The molecular weight excluding hydrogens is 240 g/mol. The highest BCUT2D eigenvalue weighted by molar-refractivity contribution is 5.68. The van der Waals surface area contributed by atoms with E-state index < -0.39 is 5.60 Å². The van der Waals surface area contributed by atoms with Crippen LogP contribution in [0.25, 0.3) is 0 Å². The number of amides is 1. The Morgan fingerprint density at radius 2 is 2.11 bits per heavy atom. The highest BCUT2D eigenvalue weighted by atomic mass is 16.6. The molecule has 0 aromatic heterocycles. The van der Waals surface area contributed by atoms with Crippen LogP contribution in [-0.4, -0.2) is 41.8 Å². The first-order valence-electron chi connectivity index (χ1n) is 7.18. The van der Waals surface area contributed by atoms with E-state index in [1.165, 1.54) is 0 Å². The summed E-state index contributed by atoms with van der Waals surface area (Å²) in [5.74, 6) is 0. The van der Waals surface area contributed by atoms with Crippen molar-refractivity contribution >= 4 is 6.09 Å². The molecule has 4 nitrogen and oxygen atoms in total. The van der Waals surface area contributed by atoms with Crippen LogP contribution in [0.15, 0.2) is 12.7 Å². The van der Waals surface area contributed by atoms with E-state index in [4.69, 9.17) is 4.74 Å². The molecule has 1 N–H and O–H groups in total. The maximum absolute atomic E-state index is 12.0. The zero-order valence-corrected chi connectivity index (χ0v) is 12.7. The average molecular weight is 268 g/mol. The van der Waals surface area contributed by atoms with Gasteiger partial charge >= 0.3 is 6.09 Å². The number of nitrogens with one attached hydrogen (secondary N) is 1. The van der Waals surface area contributed by atoms with Gasteiger partial charge in [0.1, 0.15) is 5.60 Å². The van der Waals surface area contributed by atoms with E-state index in [0.29, 0.717) is 12.1 Å². The maximum atomic E-state index is 12.0. The molecule has 1 heterocycles. The van der Waals surface area contributed by atoms with Gasteiger partial charge in [0.25, 0.3) is 0 Å². The van der Waals surface area contributed by atoms with Crippen molar-refractivity contribution in [3.05, 3.63) is 12.7 Å². The fraction of sp³-hybridized carbons (Fsp3) is 0.800. The van der Waals surface area contributed by atoms with Gasteiger partial charge in [-0.25, -0.2) is 4.79 Å². The molecule has 1 rings (SSSR count). The van der Waals surface area contributed by atoms with Crippen LogP contribution < -0.4 is 5.32 Å². The molecule has 0 spiro atoms. The number of carbonyl (C=O) groups excluding carboxylic acids is 1. The maximum Gasteiger partial charge on any atom is 0.410 e. The Kier molecular flexibility index (Phi) is 5.85. The number of rotatable bonds is 3. The van der Waals surface area contributed by atoms with Crippen LogP contribution in [0.4, 0.5) is 4.79 Å². The monoisotopic (exact) mass is 268 g/mol. The Hall–Kier alpha value is -1.03. The Bertz CT molecular complexity index is 310. The lowest BCUT2D eigenvalue weighted by Gasteiger charge is -2.26.